The van der Waals surface area contributed by atoms with Crippen molar-refractivity contribution in [1.82, 2.24) is 4.90 Å². The van der Waals surface area contributed by atoms with Crippen LogP contribution in [0.4, 0.5) is 5.69 Å². The Bertz CT molecular complexity index is 695. The van der Waals surface area contributed by atoms with Gasteiger partial charge in [0, 0.05) is 43.0 Å². The molecule has 2 aromatic carbocycles. The van der Waals surface area contributed by atoms with E-state index < -0.39 is 0 Å². The molecule has 0 atom stereocenters. The lowest BCUT2D eigenvalue weighted by Crippen LogP contribution is -2.28. The summed E-state index contributed by atoms with van der Waals surface area (Å²) in [6.07, 6.45) is 2.48. The standard InChI is InChI=1S/C19H21ClN2O/c1-21(19(23)15-8-6-9-17(20)13-15)14-16-7-2-3-10-18(16)22-11-4-5-12-22/h2-3,6-10,13H,4-5,11-12,14H2,1H3. The maximum absolute atomic E-state index is 12.6. The molecule has 1 saturated heterocycles. The fraction of sp³-hybridized carbons (Fsp3) is 0.316. The van der Waals surface area contributed by atoms with Crippen LogP contribution in [-0.2, 0) is 6.54 Å². The van der Waals surface area contributed by atoms with Gasteiger partial charge in [-0.15, -0.1) is 0 Å². The van der Waals surface area contributed by atoms with E-state index in [0.717, 1.165) is 13.1 Å². The smallest absolute Gasteiger partial charge is 0.253 e. The van der Waals surface area contributed by atoms with Crippen LogP contribution in [-0.4, -0.2) is 30.9 Å². The largest absolute Gasteiger partial charge is 0.371 e. The minimum atomic E-state index is -0.0104. The molecule has 120 valence electrons. The van der Waals surface area contributed by atoms with Gasteiger partial charge in [0.25, 0.3) is 5.91 Å². The Labute approximate surface area is 142 Å². The molecule has 2 aromatic rings. The molecule has 0 aliphatic carbocycles. The van der Waals surface area contributed by atoms with Gasteiger partial charge in [-0.3, -0.25) is 4.79 Å². The lowest BCUT2D eigenvalue weighted by Gasteiger charge is -2.24. The maximum Gasteiger partial charge on any atom is 0.253 e. The number of halogens is 1. The van der Waals surface area contributed by atoms with Crippen LogP contribution in [0.5, 0.6) is 0 Å². The highest BCUT2D eigenvalue weighted by Crippen LogP contribution is 2.25. The summed E-state index contributed by atoms with van der Waals surface area (Å²) >= 11 is 5.99. The molecule has 0 N–H and O–H groups in total. The molecule has 3 nitrogen and oxygen atoms in total. The van der Waals surface area contributed by atoms with Crippen molar-refractivity contribution in [3.63, 3.8) is 0 Å². The maximum atomic E-state index is 12.6. The molecule has 23 heavy (non-hydrogen) atoms. The quantitative estimate of drug-likeness (QED) is 0.839. The van der Waals surface area contributed by atoms with Gasteiger partial charge in [-0.25, -0.2) is 0 Å². The van der Waals surface area contributed by atoms with Gasteiger partial charge in [-0.2, -0.15) is 0 Å². The van der Waals surface area contributed by atoms with Crippen LogP contribution >= 0.6 is 11.6 Å². The molecule has 0 unspecified atom stereocenters. The summed E-state index contributed by atoms with van der Waals surface area (Å²) in [5.41, 5.74) is 3.06. The van der Waals surface area contributed by atoms with E-state index in [0.29, 0.717) is 17.1 Å². The first-order chi connectivity index (χ1) is 11.1. The molecule has 4 heteroatoms. The van der Waals surface area contributed by atoms with Crippen molar-refractivity contribution in [3.8, 4) is 0 Å². The predicted octanol–water partition coefficient (Wildman–Crippen LogP) is 4.21. The summed E-state index contributed by atoms with van der Waals surface area (Å²) < 4.78 is 0. The first kappa shape index (κ1) is 15.9. The zero-order valence-electron chi connectivity index (χ0n) is 13.3. The molecule has 0 saturated carbocycles. The summed E-state index contributed by atoms with van der Waals surface area (Å²) in [7, 11) is 1.84. The molecule has 1 aliphatic heterocycles. The van der Waals surface area contributed by atoms with Crippen LogP contribution in [0.15, 0.2) is 48.5 Å². The molecule has 0 bridgehead atoms. The number of carbonyl (C=O) groups excluding carboxylic acids is 1. The molecule has 1 aliphatic rings. The molecular weight excluding hydrogens is 308 g/mol. The fourth-order valence-electron chi connectivity index (χ4n) is 3.08. The summed E-state index contributed by atoms with van der Waals surface area (Å²) in [6, 6.07) is 15.5. The number of nitrogens with zero attached hydrogens (tertiary/aromatic N) is 2. The van der Waals surface area contributed by atoms with Crippen molar-refractivity contribution in [2.24, 2.45) is 0 Å². The third-order valence-corrected chi connectivity index (χ3v) is 4.50. The van der Waals surface area contributed by atoms with Crippen LogP contribution in [0.1, 0.15) is 28.8 Å². The Morgan fingerprint density at radius 3 is 2.61 bits per heavy atom. The van der Waals surface area contributed by atoms with Crippen LogP contribution < -0.4 is 4.90 Å². The van der Waals surface area contributed by atoms with Gasteiger partial charge in [0.15, 0.2) is 0 Å². The molecule has 1 amide bonds. The Morgan fingerprint density at radius 1 is 1.13 bits per heavy atom. The van der Waals surface area contributed by atoms with Gasteiger partial charge in [0.2, 0.25) is 0 Å². The van der Waals surface area contributed by atoms with E-state index >= 15 is 0 Å². The average molecular weight is 329 g/mol. The lowest BCUT2D eigenvalue weighted by molar-refractivity contribution is 0.0785. The van der Waals surface area contributed by atoms with E-state index in [1.807, 2.05) is 19.2 Å². The predicted molar refractivity (Wildman–Crippen MR) is 95.1 cm³/mol. The van der Waals surface area contributed by atoms with Gasteiger partial charge >= 0.3 is 0 Å². The number of amides is 1. The van der Waals surface area contributed by atoms with Crippen molar-refractivity contribution in [3.05, 3.63) is 64.7 Å². The Kier molecular flexibility index (Phi) is 4.87. The van der Waals surface area contributed by atoms with Gasteiger partial charge in [-0.1, -0.05) is 35.9 Å². The van der Waals surface area contributed by atoms with Gasteiger partial charge < -0.3 is 9.80 Å². The van der Waals surface area contributed by atoms with E-state index in [1.54, 1.807) is 23.1 Å². The van der Waals surface area contributed by atoms with E-state index in [4.69, 9.17) is 11.6 Å². The topological polar surface area (TPSA) is 23.6 Å². The second-order valence-electron chi connectivity index (χ2n) is 5.99. The summed E-state index contributed by atoms with van der Waals surface area (Å²) in [4.78, 5) is 16.7. The average Bonchev–Trinajstić information content (AvgIpc) is 3.09. The zero-order valence-corrected chi connectivity index (χ0v) is 14.1. The Balaban J connectivity index is 1.77. The normalized spacial score (nSPS) is 14.1. The SMILES string of the molecule is CN(Cc1ccccc1N1CCCC1)C(=O)c1cccc(Cl)c1. The van der Waals surface area contributed by atoms with Gasteiger partial charge in [0.05, 0.1) is 0 Å². The zero-order chi connectivity index (χ0) is 16.2. The third-order valence-electron chi connectivity index (χ3n) is 4.26. The highest BCUT2D eigenvalue weighted by atomic mass is 35.5. The second kappa shape index (κ2) is 7.05. The number of para-hydroxylation sites is 1. The Hall–Kier alpha value is -2.00. The number of carbonyl (C=O) groups is 1. The summed E-state index contributed by atoms with van der Waals surface area (Å²) in [5.74, 6) is -0.0104. The van der Waals surface area contributed by atoms with E-state index in [9.17, 15) is 4.79 Å². The molecule has 3 rings (SSSR count). The lowest BCUT2D eigenvalue weighted by atomic mass is 10.1. The van der Waals surface area contributed by atoms with Crippen molar-refractivity contribution >= 4 is 23.2 Å². The van der Waals surface area contributed by atoms with Crippen LogP contribution in [0.3, 0.4) is 0 Å². The molecule has 0 aromatic heterocycles. The van der Waals surface area contributed by atoms with Gasteiger partial charge in [-0.05, 0) is 42.7 Å². The van der Waals surface area contributed by atoms with Crippen molar-refractivity contribution in [1.29, 1.82) is 0 Å². The second-order valence-corrected chi connectivity index (χ2v) is 6.43. The minimum absolute atomic E-state index is 0.0104. The van der Waals surface area contributed by atoms with E-state index in [2.05, 4.69) is 23.1 Å². The summed E-state index contributed by atoms with van der Waals surface area (Å²) in [5, 5.41) is 0.585. The van der Waals surface area contributed by atoms with Crippen molar-refractivity contribution in [2.75, 3.05) is 25.0 Å². The van der Waals surface area contributed by atoms with E-state index in [-0.39, 0.29) is 5.91 Å². The van der Waals surface area contributed by atoms with Gasteiger partial charge in [0.1, 0.15) is 0 Å². The first-order valence-electron chi connectivity index (χ1n) is 7.99. The number of rotatable bonds is 4. The minimum Gasteiger partial charge on any atom is -0.371 e. The van der Waals surface area contributed by atoms with Crippen molar-refractivity contribution in [2.45, 2.75) is 19.4 Å². The third kappa shape index (κ3) is 3.67. The highest BCUT2D eigenvalue weighted by Gasteiger charge is 2.18. The highest BCUT2D eigenvalue weighted by molar-refractivity contribution is 6.30. The fourth-order valence-corrected chi connectivity index (χ4v) is 3.27. The molecule has 0 spiro atoms. The van der Waals surface area contributed by atoms with Crippen LogP contribution in [0, 0.1) is 0 Å². The number of hydrogen-bond acceptors (Lipinski definition) is 2. The van der Waals surface area contributed by atoms with Crippen molar-refractivity contribution < 1.29 is 4.79 Å². The monoisotopic (exact) mass is 328 g/mol. The summed E-state index contributed by atoms with van der Waals surface area (Å²) in [6.45, 7) is 2.80. The van der Waals surface area contributed by atoms with Crippen LogP contribution in [0.2, 0.25) is 5.02 Å². The number of hydrogen-bond donors (Lipinski definition) is 0. The molecule has 0 radical (unpaired) electrons. The molecule has 1 fully saturated rings. The molecule has 1 heterocycles. The number of benzene rings is 2. The number of anilines is 1. The van der Waals surface area contributed by atoms with E-state index in [1.165, 1.54) is 24.1 Å². The first-order valence-corrected chi connectivity index (χ1v) is 8.37. The molecular formula is C19H21ClN2O. The Morgan fingerprint density at radius 2 is 1.87 bits per heavy atom. The van der Waals surface area contributed by atoms with Crippen LogP contribution in [0.25, 0.3) is 0 Å².